The van der Waals surface area contributed by atoms with Crippen LogP contribution >= 0.6 is 11.6 Å². The van der Waals surface area contributed by atoms with Gasteiger partial charge in [0.05, 0.1) is 6.54 Å². The average Bonchev–Trinajstić information content (AvgIpc) is 2.51. The number of benzene rings is 2. The van der Waals surface area contributed by atoms with Crippen molar-refractivity contribution in [3.8, 4) is 0 Å². The Kier molecular flexibility index (Phi) is 4.35. The van der Waals surface area contributed by atoms with E-state index in [0.29, 0.717) is 24.4 Å². The summed E-state index contributed by atoms with van der Waals surface area (Å²) < 4.78 is 0. The van der Waals surface area contributed by atoms with E-state index < -0.39 is 0 Å². The molecule has 2 aromatic carbocycles. The molecule has 0 spiro atoms. The molecular formula is C18H17ClN2O2. The zero-order valence-corrected chi connectivity index (χ0v) is 13.6. The molecule has 23 heavy (non-hydrogen) atoms. The van der Waals surface area contributed by atoms with Crippen molar-refractivity contribution in [2.24, 2.45) is 0 Å². The third-order valence-corrected chi connectivity index (χ3v) is 4.11. The first-order valence-corrected chi connectivity index (χ1v) is 7.86. The van der Waals surface area contributed by atoms with E-state index >= 15 is 0 Å². The Morgan fingerprint density at radius 3 is 2.61 bits per heavy atom. The molecule has 4 nitrogen and oxygen atoms in total. The molecule has 1 N–H and O–H groups in total. The number of halogens is 1. The van der Waals surface area contributed by atoms with Gasteiger partial charge in [0.1, 0.15) is 0 Å². The molecule has 0 radical (unpaired) electrons. The van der Waals surface area contributed by atoms with Crippen LogP contribution in [0, 0.1) is 0 Å². The molecule has 3 rings (SSSR count). The second kappa shape index (κ2) is 6.42. The third-order valence-electron chi connectivity index (χ3n) is 3.85. The summed E-state index contributed by atoms with van der Waals surface area (Å²) in [4.78, 5) is 25.3. The third kappa shape index (κ3) is 3.54. The van der Waals surface area contributed by atoms with Gasteiger partial charge >= 0.3 is 0 Å². The van der Waals surface area contributed by atoms with Crippen molar-refractivity contribution in [1.29, 1.82) is 0 Å². The quantitative estimate of drug-likeness (QED) is 0.932. The Balaban J connectivity index is 1.88. The first-order valence-electron chi connectivity index (χ1n) is 7.48. The van der Waals surface area contributed by atoms with Crippen LogP contribution in [-0.4, -0.2) is 11.8 Å². The second-order valence-corrected chi connectivity index (χ2v) is 6.07. The minimum absolute atomic E-state index is 0.102. The molecule has 0 aliphatic carbocycles. The summed E-state index contributed by atoms with van der Waals surface area (Å²) in [7, 11) is 0. The van der Waals surface area contributed by atoms with Crippen LogP contribution in [0.15, 0.2) is 42.5 Å². The lowest BCUT2D eigenvalue weighted by Crippen LogP contribution is -2.34. The lowest BCUT2D eigenvalue weighted by Gasteiger charge is -2.30. The minimum Gasteiger partial charge on any atom is -0.326 e. The summed E-state index contributed by atoms with van der Waals surface area (Å²) in [6.45, 7) is 2.00. The van der Waals surface area contributed by atoms with E-state index in [1.54, 1.807) is 4.90 Å². The Morgan fingerprint density at radius 1 is 1.17 bits per heavy atom. The highest BCUT2D eigenvalue weighted by Gasteiger charge is 2.24. The smallest absolute Gasteiger partial charge is 0.227 e. The van der Waals surface area contributed by atoms with Crippen molar-refractivity contribution in [3.05, 3.63) is 58.6 Å². The van der Waals surface area contributed by atoms with E-state index in [1.807, 2.05) is 42.5 Å². The van der Waals surface area contributed by atoms with Crippen molar-refractivity contribution in [3.63, 3.8) is 0 Å². The van der Waals surface area contributed by atoms with Gasteiger partial charge in [-0.2, -0.15) is 0 Å². The molecule has 0 atom stereocenters. The number of fused-ring (bicyclic) bond motifs is 1. The maximum absolute atomic E-state index is 12.3. The standard InChI is InChI=1S/C18H17ClN2O2/c1-12(22)20-16-7-8-17-14(10-16)4-9-18(23)21(17)11-13-2-5-15(19)6-3-13/h2-3,5-8,10H,4,9,11H2,1H3,(H,20,22). The SMILES string of the molecule is CC(=O)Nc1ccc2c(c1)CCC(=O)N2Cc1ccc(Cl)cc1. The van der Waals surface area contributed by atoms with Gasteiger partial charge in [0.25, 0.3) is 0 Å². The maximum Gasteiger partial charge on any atom is 0.227 e. The number of aryl methyl sites for hydroxylation is 1. The Hall–Kier alpha value is -2.33. The zero-order chi connectivity index (χ0) is 16.4. The summed E-state index contributed by atoms with van der Waals surface area (Å²) in [6.07, 6.45) is 1.17. The monoisotopic (exact) mass is 328 g/mol. The number of hydrogen-bond donors (Lipinski definition) is 1. The summed E-state index contributed by atoms with van der Waals surface area (Å²) in [6, 6.07) is 13.2. The van der Waals surface area contributed by atoms with Crippen LogP contribution < -0.4 is 10.2 Å². The van der Waals surface area contributed by atoms with E-state index in [4.69, 9.17) is 11.6 Å². The van der Waals surface area contributed by atoms with Gasteiger partial charge in [-0.05, 0) is 47.9 Å². The molecule has 2 aromatic rings. The van der Waals surface area contributed by atoms with Gasteiger partial charge in [-0.25, -0.2) is 0 Å². The van der Waals surface area contributed by atoms with E-state index in [0.717, 1.165) is 22.5 Å². The Morgan fingerprint density at radius 2 is 1.91 bits per heavy atom. The molecule has 118 valence electrons. The zero-order valence-electron chi connectivity index (χ0n) is 12.8. The Bertz CT molecular complexity index is 756. The molecule has 0 fully saturated rings. The number of amides is 2. The molecule has 0 saturated carbocycles. The van der Waals surface area contributed by atoms with Crippen molar-refractivity contribution < 1.29 is 9.59 Å². The number of carbonyl (C=O) groups excluding carboxylic acids is 2. The normalized spacial score (nSPS) is 13.7. The largest absolute Gasteiger partial charge is 0.326 e. The summed E-state index contributed by atoms with van der Waals surface area (Å²) in [5.74, 6) is 0.00887. The molecule has 0 aromatic heterocycles. The van der Waals surface area contributed by atoms with Gasteiger partial charge in [0, 0.05) is 29.7 Å². The minimum atomic E-state index is -0.102. The highest BCUT2D eigenvalue weighted by Crippen LogP contribution is 2.31. The van der Waals surface area contributed by atoms with Crippen LogP contribution in [0.3, 0.4) is 0 Å². The molecule has 0 bridgehead atoms. The second-order valence-electron chi connectivity index (χ2n) is 5.63. The van der Waals surface area contributed by atoms with Crippen molar-refractivity contribution >= 4 is 34.8 Å². The summed E-state index contributed by atoms with van der Waals surface area (Å²) in [5, 5.41) is 3.46. The fourth-order valence-electron chi connectivity index (χ4n) is 2.79. The molecule has 0 saturated heterocycles. The number of nitrogens with zero attached hydrogens (tertiary/aromatic N) is 1. The number of hydrogen-bond acceptors (Lipinski definition) is 2. The molecule has 5 heteroatoms. The van der Waals surface area contributed by atoms with Crippen LogP contribution in [0.4, 0.5) is 11.4 Å². The first kappa shape index (κ1) is 15.6. The number of anilines is 2. The molecule has 1 aliphatic rings. The predicted molar refractivity (Wildman–Crippen MR) is 91.7 cm³/mol. The maximum atomic E-state index is 12.3. The van der Waals surface area contributed by atoms with Gasteiger partial charge in [-0.3, -0.25) is 9.59 Å². The fourth-order valence-corrected chi connectivity index (χ4v) is 2.91. The van der Waals surface area contributed by atoms with Crippen LogP contribution in [0.1, 0.15) is 24.5 Å². The van der Waals surface area contributed by atoms with Crippen LogP contribution in [0.25, 0.3) is 0 Å². The van der Waals surface area contributed by atoms with Gasteiger partial charge in [-0.1, -0.05) is 23.7 Å². The molecule has 1 heterocycles. The number of nitrogens with one attached hydrogen (secondary N) is 1. The lowest BCUT2D eigenvalue weighted by atomic mass is 9.99. The van der Waals surface area contributed by atoms with Gasteiger partial charge in [-0.15, -0.1) is 0 Å². The van der Waals surface area contributed by atoms with Crippen molar-refractivity contribution in [2.75, 3.05) is 10.2 Å². The topological polar surface area (TPSA) is 49.4 Å². The fraction of sp³-hybridized carbons (Fsp3) is 0.222. The van der Waals surface area contributed by atoms with E-state index in [2.05, 4.69) is 5.32 Å². The molecule has 1 aliphatic heterocycles. The predicted octanol–water partition coefficient (Wildman–Crippen LogP) is 3.78. The van der Waals surface area contributed by atoms with Gasteiger partial charge in [0.15, 0.2) is 0 Å². The summed E-state index contributed by atoms with van der Waals surface area (Å²) in [5.41, 5.74) is 3.77. The van der Waals surface area contributed by atoms with Crippen molar-refractivity contribution in [1.82, 2.24) is 0 Å². The molecule has 0 unspecified atom stereocenters. The average molecular weight is 329 g/mol. The van der Waals surface area contributed by atoms with E-state index in [9.17, 15) is 9.59 Å². The molecule has 2 amide bonds. The summed E-state index contributed by atoms with van der Waals surface area (Å²) >= 11 is 5.91. The van der Waals surface area contributed by atoms with E-state index in [-0.39, 0.29) is 11.8 Å². The van der Waals surface area contributed by atoms with Crippen LogP contribution in [0.2, 0.25) is 5.02 Å². The number of rotatable bonds is 3. The Labute approximate surface area is 140 Å². The first-order chi connectivity index (χ1) is 11.0. The highest BCUT2D eigenvalue weighted by molar-refractivity contribution is 6.30. The highest BCUT2D eigenvalue weighted by atomic mass is 35.5. The van der Waals surface area contributed by atoms with E-state index in [1.165, 1.54) is 6.92 Å². The van der Waals surface area contributed by atoms with Gasteiger partial charge < -0.3 is 10.2 Å². The lowest BCUT2D eigenvalue weighted by molar-refractivity contribution is -0.119. The van der Waals surface area contributed by atoms with Crippen LogP contribution in [-0.2, 0) is 22.6 Å². The van der Waals surface area contributed by atoms with Gasteiger partial charge in [0.2, 0.25) is 11.8 Å². The number of carbonyl (C=O) groups is 2. The van der Waals surface area contributed by atoms with Crippen molar-refractivity contribution in [2.45, 2.75) is 26.3 Å². The van der Waals surface area contributed by atoms with Crippen LogP contribution in [0.5, 0.6) is 0 Å². The molecular weight excluding hydrogens is 312 g/mol.